The molecule has 0 radical (unpaired) electrons. The van der Waals surface area contributed by atoms with Crippen molar-refractivity contribution in [3.63, 3.8) is 0 Å². The van der Waals surface area contributed by atoms with E-state index in [0.29, 0.717) is 42.8 Å². The molecule has 170 valence electrons. The summed E-state index contributed by atoms with van der Waals surface area (Å²) in [5.41, 5.74) is 0.732. The Kier molecular flexibility index (Phi) is 5.93. The first-order chi connectivity index (χ1) is 16.0. The molecule has 0 saturated carbocycles. The Balaban J connectivity index is 1.34. The van der Waals surface area contributed by atoms with Crippen molar-refractivity contribution < 1.29 is 17.6 Å². The van der Waals surface area contributed by atoms with Crippen molar-refractivity contribution in [2.24, 2.45) is 0 Å². The van der Waals surface area contributed by atoms with Crippen molar-refractivity contribution in [2.75, 3.05) is 26.3 Å². The molecule has 33 heavy (non-hydrogen) atoms. The van der Waals surface area contributed by atoms with Crippen molar-refractivity contribution in [3.05, 3.63) is 58.9 Å². The second-order valence-corrected chi connectivity index (χ2v) is 9.94. The summed E-state index contributed by atoms with van der Waals surface area (Å²) in [6.45, 7) is 1.36. The molecule has 2 aromatic heterocycles. The molecule has 1 saturated heterocycles. The smallest absolute Gasteiger partial charge is 0.278 e. The zero-order valence-corrected chi connectivity index (χ0v) is 18.8. The fourth-order valence-corrected chi connectivity index (χ4v) is 5.43. The summed E-state index contributed by atoms with van der Waals surface area (Å²) >= 11 is 1.12. The van der Waals surface area contributed by atoms with Crippen molar-refractivity contribution >= 4 is 32.7 Å². The Morgan fingerprint density at radius 3 is 2.67 bits per heavy atom. The monoisotopic (exact) mass is 486 g/mol. The van der Waals surface area contributed by atoms with Gasteiger partial charge in [0.1, 0.15) is 11.4 Å². The molecular formula is C20H18N6O5S2. The van der Waals surface area contributed by atoms with Crippen LogP contribution in [-0.4, -0.2) is 64.2 Å². The Hall–Kier alpha value is -3.13. The highest BCUT2D eigenvalue weighted by molar-refractivity contribution is 7.98. The van der Waals surface area contributed by atoms with Crippen LogP contribution in [0.25, 0.3) is 22.4 Å². The molecule has 0 aliphatic carbocycles. The number of ether oxygens (including phenoxy) is 1. The number of hydrogen-bond donors (Lipinski definition) is 0. The van der Waals surface area contributed by atoms with E-state index >= 15 is 0 Å². The highest BCUT2D eigenvalue weighted by Crippen LogP contribution is 2.27. The molecule has 1 aliphatic rings. The van der Waals surface area contributed by atoms with Crippen LogP contribution in [0, 0.1) is 0 Å². The van der Waals surface area contributed by atoms with E-state index in [4.69, 9.17) is 9.15 Å². The SMILES string of the molecule is O=c1c2ccccc2nnn1CSc1nnc(-c2cccc(S(=O)(=O)N3CCOCC3)c2)o1. The second kappa shape index (κ2) is 9.02. The van der Waals surface area contributed by atoms with Gasteiger partial charge in [-0.3, -0.25) is 4.79 Å². The molecule has 0 N–H and O–H groups in total. The number of hydrogen-bond acceptors (Lipinski definition) is 10. The Morgan fingerprint density at radius 2 is 1.82 bits per heavy atom. The Morgan fingerprint density at radius 1 is 1.00 bits per heavy atom. The third kappa shape index (κ3) is 4.39. The summed E-state index contributed by atoms with van der Waals surface area (Å²) in [6, 6.07) is 13.3. The van der Waals surface area contributed by atoms with Gasteiger partial charge in [-0.05, 0) is 42.1 Å². The maximum Gasteiger partial charge on any atom is 0.278 e. The van der Waals surface area contributed by atoms with Crippen LogP contribution in [-0.2, 0) is 20.6 Å². The maximum atomic E-state index is 12.9. The number of aromatic nitrogens is 5. The van der Waals surface area contributed by atoms with Crippen LogP contribution < -0.4 is 5.56 Å². The van der Waals surface area contributed by atoms with E-state index in [1.54, 1.807) is 36.4 Å². The normalized spacial score (nSPS) is 15.2. The van der Waals surface area contributed by atoms with Crippen LogP contribution in [0.15, 0.2) is 67.9 Å². The molecule has 0 atom stereocenters. The van der Waals surface area contributed by atoms with Gasteiger partial charge >= 0.3 is 0 Å². The lowest BCUT2D eigenvalue weighted by atomic mass is 10.2. The van der Waals surface area contributed by atoms with Crippen molar-refractivity contribution in [2.45, 2.75) is 16.0 Å². The van der Waals surface area contributed by atoms with Gasteiger partial charge in [-0.15, -0.1) is 15.3 Å². The van der Waals surface area contributed by atoms with Crippen LogP contribution in [0.2, 0.25) is 0 Å². The lowest BCUT2D eigenvalue weighted by Gasteiger charge is -2.26. The molecule has 11 nitrogen and oxygen atoms in total. The summed E-state index contributed by atoms with van der Waals surface area (Å²) in [5.74, 6) is 0.303. The van der Waals surface area contributed by atoms with E-state index in [1.807, 2.05) is 0 Å². The van der Waals surface area contributed by atoms with Gasteiger partial charge in [-0.25, -0.2) is 8.42 Å². The van der Waals surface area contributed by atoms with E-state index in [9.17, 15) is 13.2 Å². The first-order valence-electron chi connectivity index (χ1n) is 9.99. The molecule has 3 heterocycles. The molecule has 1 aliphatic heterocycles. The molecule has 0 spiro atoms. The van der Waals surface area contributed by atoms with Gasteiger partial charge in [-0.2, -0.15) is 8.99 Å². The molecule has 0 amide bonds. The minimum absolute atomic E-state index is 0.129. The zero-order valence-electron chi connectivity index (χ0n) is 17.2. The van der Waals surface area contributed by atoms with Crippen molar-refractivity contribution in [3.8, 4) is 11.5 Å². The number of benzene rings is 2. The molecule has 0 unspecified atom stereocenters. The second-order valence-electron chi connectivity index (χ2n) is 7.10. The average Bonchev–Trinajstić information content (AvgIpc) is 3.34. The lowest BCUT2D eigenvalue weighted by Crippen LogP contribution is -2.40. The molecule has 13 heteroatoms. The minimum atomic E-state index is -3.65. The van der Waals surface area contributed by atoms with Gasteiger partial charge in [-0.1, -0.05) is 23.4 Å². The number of nitrogens with zero attached hydrogens (tertiary/aromatic N) is 6. The first-order valence-corrected chi connectivity index (χ1v) is 12.4. The van der Waals surface area contributed by atoms with Gasteiger partial charge < -0.3 is 9.15 Å². The largest absolute Gasteiger partial charge is 0.411 e. The number of rotatable bonds is 6. The van der Waals surface area contributed by atoms with Gasteiger partial charge in [0.15, 0.2) is 0 Å². The summed E-state index contributed by atoms with van der Waals surface area (Å²) in [7, 11) is -3.65. The molecular weight excluding hydrogens is 468 g/mol. The number of fused-ring (bicyclic) bond motifs is 1. The van der Waals surface area contributed by atoms with Crippen LogP contribution >= 0.6 is 11.8 Å². The summed E-state index contributed by atoms with van der Waals surface area (Å²) in [4.78, 5) is 12.7. The topological polar surface area (TPSA) is 133 Å². The highest BCUT2D eigenvalue weighted by atomic mass is 32.2. The zero-order chi connectivity index (χ0) is 22.8. The predicted molar refractivity (Wildman–Crippen MR) is 119 cm³/mol. The fourth-order valence-electron chi connectivity index (χ4n) is 3.33. The van der Waals surface area contributed by atoms with Crippen LogP contribution in [0.3, 0.4) is 0 Å². The standard InChI is InChI=1S/C20H18N6O5S2/c27-19-16-6-1-2-7-17(16)21-24-26(19)13-32-20-23-22-18(31-20)14-4-3-5-15(12-14)33(28,29)25-8-10-30-11-9-25/h1-7,12H,8-11,13H2. The van der Waals surface area contributed by atoms with Gasteiger partial charge in [0.2, 0.25) is 15.9 Å². The molecule has 1 fully saturated rings. The quantitative estimate of drug-likeness (QED) is 0.370. The fraction of sp³-hybridized carbons (Fsp3) is 0.250. The predicted octanol–water partition coefficient (Wildman–Crippen LogP) is 1.61. The van der Waals surface area contributed by atoms with E-state index in [-0.39, 0.29) is 27.4 Å². The molecule has 4 aromatic rings. The van der Waals surface area contributed by atoms with Crippen LogP contribution in [0.1, 0.15) is 0 Å². The van der Waals surface area contributed by atoms with E-state index in [1.165, 1.54) is 21.1 Å². The Labute approximate surface area is 192 Å². The summed E-state index contributed by atoms with van der Waals surface area (Å²) in [5, 5.41) is 16.7. The average molecular weight is 487 g/mol. The van der Waals surface area contributed by atoms with Crippen LogP contribution in [0.4, 0.5) is 0 Å². The van der Waals surface area contributed by atoms with Crippen molar-refractivity contribution in [1.82, 2.24) is 29.5 Å². The van der Waals surface area contributed by atoms with Gasteiger partial charge in [0.25, 0.3) is 10.8 Å². The number of sulfonamides is 1. The molecule has 2 aromatic carbocycles. The van der Waals surface area contributed by atoms with E-state index in [0.717, 1.165) is 11.8 Å². The van der Waals surface area contributed by atoms with Crippen LogP contribution in [0.5, 0.6) is 0 Å². The van der Waals surface area contributed by atoms with Gasteiger partial charge in [0, 0.05) is 18.7 Å². The van der Waals surface area contributed by atoms with E-state index < -0.39 is 10.0 Å². The third-order valence-corrected chi connectivity index (χ3v) is 7.72. The third-order valence-electron chi connectivity index (χ3n) is 5.03. The lowest BCUT2D eigenvalue weighted by molar-refractivity contribution is 0.0730. The van der Waals surface area contributed by atoms with E-state index in [2.05, 4.69) is 20.5 Å². The summed E-state index contributed by atoms with van der Waals surface area (Å²) < 4.78 is 39.4. The maximum absolute atomic E-state index is 12.9. The number of thioether (sulfide) groups is 1. The minimum Gasteiger partial charge on any atom is -0.411 e. The highest BCUT2D eigenvalue weighted by Gasteiger charge is 2.27. The van der Waals surface area contributed by atoms with Crippen molar-refractivity contribution in [1.29, 1.82) is 0 Å². The van der Waals surface area contributed by atoms with Gasteiger partial charge in [0.05, 0.1) is 23.5 Å². The molecule has 0 bridgehead atoms. The number of morpholine rings is 1. The Bertz CT molecular complexity index is 1460. The summed E-state index contributed by atoms with van der Waals surface area (Å²) in [6.07, 6.45) is 0. The first kappa shape index (κ1) is 21.7. The molecule has 5 rings (SSSR count).